The van der Waals surface area contributed by atoms with Crippen LogP contribution in [0.2, 0.25) is 0 Å². The van der Waals surface area contributed by atoms with Gasteiger partial charge in [-0.15, -0.1) is 5.10 Å². The minimum atomic E-state index is 0.784. The first-order valence-corrected chi connectivity index (χ1v) is 7.54. The van der Waals surface area contributed by atoms with E-state index in [9.17, 15) is 0 Å². The van der Waals surface area contributed by atoms with Crippen LogP contribution in [-0.2, 0) is 0 Å². The second-order valence-electron chi connectivity index (χ2n) is 5.44. The molecule has 0 spiro atoms. The normalized spacial score (nSPS) is 10.8. The van der Waals surface area contributed by atoms with Gasteiger partial charge in [-0.3, -0.25) is 0 Å². The van der Waals surface area contributed by atoms with E-state index in [0.717, 1.165) is 34.1 Å². The predicted molar refractivity (Wildman–Crippen MR) is 92.9 cm³/mol. The monoisotopic (exact) mass is 300 g/mol. The van der Waals surface area contributed by atoms with Crippen molar-refractivity contribution in [3.05, 3.63) is 78.5 Å². The quantitative estimate of drug-likeness (QED) is 0.608. The van der Waals surface area contributed by atoms with Crippen LogP contribution < -0.4 is 5.32 Å². The third kappa shape index (κ3) is 2.66. The summed E-state index contributed by atoms with van der Waals surface area (Å²) in [5.41, 5.74) is 4.98. The number of anilines is 2. The highest BCUT2D eigenvalue weighted by molar-refractivity contribution is 5.67. The van der Waals surface area contributed by atoms with Gasteiger partial charge in [0.2, 0.25) is 0 Å². The van der Waals surface area contributed by atoms with Gasteiger partial charge in [0, 0.05) is 23.0 Å². The largest absolute Gasteiger partial charge is 0.339 e. The molecule has 23 heavy (non-hydrogen) atoms. The van der Waals surface area contributed by atoms with E-state index in [-0.39, 0.29) is 0 Å². The van der Waals surface area contributed by atoms with Crippen molar-refractivity contribution < 1.29 is 0 Å². The molecule has 112 valence electrons. The molecule has 0 aliphatic rings. The molecule has 0 fully saturated rings. The van der Waals surface area contributed by atoms with Crippen LogP contribution >= 0.6 is 0 Å². The maximum Gasteiger partial charge on any atom is 0.158 e. The molecule has 0 aliphatic heterocycles. The van der Waals surface area contributed by atoms with Crippen molar-refractivity contribution in [2.24, 2.45) is 0 Å². The number of nitrogens with one attached hydrogen (secondary N) is 1. The fourth-order valence-electron chi connectivity index (χ4n) is 2.65. The number of nitrogens with zero attached hydrogens (tertiary/aromatic N) is 3. The third-order valence-corrected chi connectivity index (χ3v) is 3.67. The van der Waals surface area contributed by atoms with Crippen LogP contribution in [0.5, 0.6) is 0 Å². The molecule has 2 heterocycles. The maximum atomic E-state index is 4.67. The van der Waals surface area contributed by atoms with E-state index in [1.54, 1.807) is 0 Å². The summed E-state index contributed by atoms with van der Waals surface area (Å²) in [6.07, 6.45) is 0. The lowest BCUT2D eigenvalue weighted by Gasteiger charge is -2.06. The predicted octanol–water partition coefficient (Wildman–Crippen LogP) is 4.45. The van der Waals surface area contributed by atoms with Crippen molar-refractivity contribution in [2.75, 3.05) is 5.32 Å². The Morgan fingerprint density at radius 3 is 2.30 bits per heavy atom. The minimum Gasteiger partial charge on any atom is -0.339 e. The molecule has 4 nitrogen and oxygen atoms in total. The Kier molecular flexibility index (Phi) is 3.27. The number of hydrogen-bond donors (Lipinski definition) is 1. The van der Waals surface area contributed by atoms with Gasteiger partial charge in [0.05, 0.1) is 5.69 Å². The van der Waals surface area contributed by atoms with Crippen LogP contribution in [0.15, 0.2) is 72.8 Å². The summed E-state index contributed by atoms with van der Waals surface area (Å²) in [7, 11) is 0. The Bertz CT molecular complexity index is 943. The van der Waals surface area contributed by atoms with E-state index in [1.165, 1.54) is 0 Å². The highest BCUT2D eigenvalue weighted by atomic mass is 15.3. The van der Waals surface area contributed by atoms with Gasteiger partial charge in [0.15, 0.2) is 11.5 Å². The fraction of sp³-hybridized carbons (Fsp3) is 0.0526. The van der Waals surface area contributed by atoms with Crippen LogP contribution in [0.25, 0.3) is 16.9 Å². The third-order valence-electron chi connectivity index (χ3n) is 3.67. The first-order chi connectivity index (χ1) is 11.3. The summed E-state index contributed by atoms with van der Waals surface area (Å²) in [5.74, 6) is 0.784. The molecule has 0 unspecified atom stereocenters. The molecule has 0 saturated carbocycles. The van der Waals surface area contributed by atoms with Gasteiger partial charge in [-0.2, -0.15) is 0 Å². The number of fused-ring (bicyclic) bond motifs is 1. The second-order valence-corrected chi connectivity index (χ2v) is 5.44. The fourth-order valence-corrected chi connectivity index (χ4v) is 2.65. The molecular weight excluding hydrogens is 284 g/mol. The van der Waals surface area contributed by atoms with Crippen LogP contribution in [0.3, 0.4) is 0 Å². The number of aryl methyl sites for hydroxylation is 1. The average molecular weight is 300 g/mol. The summed E-state index contributed by atoms with van der Waals surface area (Å²) in [4.78, 5) is 4.58. The highest BCUT2D eigenvalue weighted by Gasteiger charge is 2.10. The zero-order chi connectivity index (χ0) is 15.6. The van der Waals surface area contributed by atoms with E-state index in [0.29, 0.717) is 0 Å². The van der Waals surface area contributed by atoms with Crippen molar-refractivity contribution >= 4 is 17.2 Å². The van der Waals surface area contributed by atoms with Gasteiger partial charge < -0.3 is 5.32 Å². The second kappa shape index (κ2) is 5.57. The number of aromatic nitrogens is 3. The molecule has 1 N–H and O–H groups in total. The molecule has 4 aromatic rings. The van der Waals surface area contributed by atoms with Crippen molar-refractivity contribution in [2.45, 2.75) is 6.92 Å². The van der Waals surface area contributed by atoms with Gasteiger partial charge >= 0.3 is 0 Å². The van der Waals surface area contributed by atoms with Crippen molar-refractivity contribution in [3.8, 4) is 11.3 Å². The summed E-state index contributed by atoms with van der Waals surface area (Å²) in [5, 5.41) is 7.99. The van der Waals surface area contributed by atoms with E-state index in [2.05, 4.69) is 33.6 Å². The molecular formula is C19H16N4. The SMILES string of the molecule is Cc1cc(-c2ccccc2)n2nc(Nc3ccccc3)cc2n1. The standard InChI is InChI=1S/C19H16N4/c1-14-12-17(15-8-4-2-5-9-15)23-19(20-14)13-18(22-23)21-16-10-6-3-7-11-16/h2-13H,1H3,(H,21,22). The van der Waals surface area contributed by atoms with Crippen LogP contribution in [-0.4, -0.2) is 14.6 Å². The van der Waals surface area contributed by atoms with Crippen LogP contribution in [0.4, 0.5) is 11.5 Å². The lowest BCUT2D eigenvalue weighted by molar-refractivity contribution is 0.941. The smallest absolute Gasteiger partial charge is 0.158 e. The summed E-state index contributed by atoms with van der Waals surface area (Å²) < 4.78 is 1.88. The lowest BCUT2D eigenvalue weighted by Crippen LogP contribution is -1.98. The molecule has 4 heteroatoms. The van der Waals surface area contributed by atoms with Crippen LogP contribution in [0.1, 0.15) is 5.69 Å². The molecule has 0 aliphatic carbocycles. The van der Waals surface area contributed by atoms with Gasteiger partial charge in [-0.25, -0.2) is 9.50 Å². The maximum absolute atomic E-state index is 4.67. The molecule has 2 aromatic heterocycles. The van der Waals surface area contributed by atoms with Gasteiger partial charge in [0.25, 0.3) is 0 Å². The first-order valence-electron chi connectivity index (χ1n) is 7.54. The lowest BCUT2D eigenvalue weighted by atomic mass is 10.1. The van der Waals surface area contributed by atoms with E-state index in [4.69, 9.17) is 0 Å². The van der Waals surface area contributed by atoms with Crippen molar-refractivity contribution in [1.29, 1.82) is 0 Å². The molecule has 0 amide bonds. The summed E-state index contributed by atoms with van der Waals surface area (Å²) in [6, 6.07) is 24.3. The average Bonchev–Trinajstić information content (AvgIpc) is 2.98. The molecule has 0 atom stereocenters. The number of para-hydroxylation sites is 1. The minimum absolute atomic E-state index is 0.784. The van der Waals surface area contributed by atoms with Gasteiger partial charge in [-0.05, 0) is 25.1 Å². The molecule has 0 bridgehead atoms. The van der Waals surface area contributed by atoms with E-state index in [1.807, 2.05) is 66.0 Å². The molecule has 0 saturated heterocycles. The molecule has 4 rings (SSSR count). The Morgan fingerprint density at radius 2 is 1.57 bits per heavy atom. The number of hydrogen-bond acceptors (Lipinski definition) is 3. The summed E-state index contributed by atoms with van der Waals surface area (Å²) in [6.45, 7) is 2.00. The Labute approximate surface area is 134 Å². The Morgan fingerprint density at radius 1 is 0.870 bits per heavy atom. The van der Waals surface area contributed by atoms with Crippen LogP contribution in [0, 0.1) is 6.92 Å². The first kappa shape index (κ1) is 13.5. The number of benzene rings is 2. The van der Waals surface area contributed by atoms with E-state index >= 15 is 0 Å². The highest BCUT2D eigenvalue weighted by Crippen LogP contribution is 2.23. The summed E-state index contributed by atoms with van der Waals surface area (Å²) >= 11 is 0. The van der Waals surface area contributed by atoms with Crippen molar-refractivity contribution in [3.63, 3.8) is 0 Å². The van der Waals surface area contributed by atoms with Crippen molar-refractivity contribution in [1.82, 2.24) is 14.6 Å². The van der Waals surface area contributed by atoms with E-state index < -0.39 is 0 Å². The zero-order valence-electron chi connectivity index (χ0n) is 12.8. The van der Waals surface area contributed by atoms with Gasteiger partial charge in [-0.1, -0.05) is 48.5 Å². The number of rotatable bonds is 3. The van der Waals surface area contributed by atoms with Gasteiger partial charge in [0.1, 0.15) is 0 Å². The Hall–Kier alpha value is -3.14. The Balaban J connectivity index is 1.82. The molecule has 2 aromatic carbocycles. The molecule has 0 radical (unpaired) electrons. The topological polar surface area (TPSA) is 42.2 Å². The zero-order valence-corrected chi connectivity index (χ0v) is 12.8.